The first kappa shape index (κ1) is 56.2. The highest BCUT2D eigenvalue weighted by Gasteiger charge is 2.44. The zero-order valence-electron chi connectivity index (χ0n) is 38.1. The fourth-order valence-electron chi connectivity index (χ4n) is 6.74. The molecule has 1 saturated heterocycles. The molecule has 350 valence electrons. The highest BCUT2D eigenvalue weighted by Crippen LogP contribution is 2.22. The molecule has 10 heteroatoms. The van der Waals surface area contributed by atoms with Gasteiger partial charge in [-0.25, -0.2) is 0 Å². The van der Waals surface area contributed by atoms with Gasteiger partial charge in [0.1, 0.15) is 31.0 Å². The van der Waals surface area contributed by atoms with Crippen LogP contribution in [-0.4, -0.2) is 89.0 Å². The zero-order valence-corrected chi connectivity index (χ0v) is 38.1. The van der Waals surface area contributed by atoms with Gasteiger partial charge in [-0.15, -0.1) is 0 Å². The van der Waals surface area contributed by atoms with Crippen LogP contribution in [0.25, 0.3) is 0 Å². The standard InChI is InChI=1S/C51H86O10/c1-3-5-7-9-11-13-15-17-19-21-22-24-25-27-29-31-33-35-37-39-46(53)58-42-44(43-59-51-50(57)49(56)48(55)45(41-52)61-51)60-47(54)40-38-36-34-32-30-28-26-23-20-18-16-14-12-10-8-6-4-2/h11,13,17,19,22,24,26-29,32,34,44-45,48-52,55-57H,3-10,12,14-16,18,20-21,23,25,30-31,33,35-43H2,1-2H3/b13-11+,19-17+,24-22+,28-26+,29-27+,34-32+/t44-,45-,48+,49?,50?,51-/m0/s1. The molecule has 1 fully saturated rings. The Morgan fingerprint density at radius 3 is 1.46 bits per heavy atom. The van der Waals surface area contributed by atoms with Crippen LogP contribution in [0.1, 0.15) is 181 Å². The Bertz CT molecular complexity index is 1220. The third kappa shape index (κ3) is 32.5. The highest BCUT2D eigenvalue weighted by molar-refractivity contribution is 5.70. The number of carbonyl (C=O) groups excluding carboxylic acids is 2. The van der Waals surface area contributed by atoms with Crippen LogP contribution in [0.4, 0.5) is 0 Å². The van der Waals surface area contributed by atoms with Crippen LogP contribution in [0.15, 0.2) is 72.9 Å². The molecule has 10 nitrogen and oxygen atoms in total. The van der Waals surface area contributed by atoms with Crippen molar-refractivity contribution < 1.29 is 49.0 Å². The molecule has 2 unspecified atom stereocenters. The second-order valence-electron chi connectivity index (χ2n) is 16.2. The third-order valence-corrected chi connectivity index (χ3v) is 10.6. The lowest BCUT2D eigenvalue weighted by Crippen LogP contribution is -2.59. The van der Waals surface area contributed by atoms with Crippen molar-refractivity contribution in [1.29, 1.82) is 0 Å². The molecule has 61 heavy (non-hydrogen) atoms. The maximum absolute atomic E-state index is 12.8. The van der Waals surface area contributed by atoms with Crippen molar-refractivity contribution in [2.45, 2.75) is 218 Å². The van der Waals surface area contributed by atoms with Gasteiger partial charge in [0.25, 0.3) is 0 Å². The summed E-state index contributed by atoms with van der Waals surface area (Å²) < 4.78 is 22.1. The van der Waals surface area contributed by atoms with Crippen LogP contribution in [-0.2, 0) is 28.5 Å². The Hall–Kier alpha value is -2.86. The first-order valence-corrected chi connectivity index (χ1v) is 24.0. The molecule has 0 aromatic heterocycles. The van der Waals surface area contributed by atoms with Gasteiger partial charge in [-0.05, 0) is 83.5 Å². The van der Waals surface area contributed by atoms with Crippen LogP contribution >= 0.6 is 0 Å². The maximum Gasteiger partial charge on any atom is 0.306 e. The Morgan fingerprint density at radius 1 is 0.508 bits per heavy atom. The number of hydrogen-bond donors (Lipinski definition) is 4. The molecule has 1 heterocycles. The number of carbonyl (C=O) groups is 2. The molecule has 0 aliphatic carbocycles. The van der Waals surface area contributed by atoms with E-state index in [0.717, 1.165) is 51.4 Å². The summed E-state index contributed by atoms with van der Waals surface area (Å²) >= 11 is 0. The van der Waals surface area contributed by atoms with E-state index in [0.29, 0.717) is 19.3 Å². The SMILES string of the molecule is CCCCC/C=C/C/C=C/C/C=C/C/C=C/CCCCCC(=O)OC[C@@H](CO[C@H]1O[C@@H](CO)[C@@H](O)C(O)C1O)OC(=O)CCC/C=C/C/C=C/CCCCCCCCCCC. The van der Waals surface area contributed by atoms with Crippen molar-refractivity contribution in [2.75, 3.05) is 19.8 Å². The average Bonchev–Trinajstić information content (AvgIpc) is 3.26. The Labute approximate surface area is 370 Å². The van der Waals surface area contributed by atoms with Crippen LogP contribution in [0.3, 0.4) is 0 Å². The number of allylic oxidation sites excluding steroid dienone is 12. The van der Waals surface area contributed by atoms with Gasteiger partial charge in [-0.3, -0.25) is 9.59 Å². The van der Waals surface area contributed by atoms with Crippen molar-refractivity contribution in [3.05, 3.63) is 72.9 Å². The second kappa shape index (κ2) is 41.2. The van der Waals surface area contributed by atoms with Gasteiger partial charge < -0.3 is 39.4 Å². The fraction of sp³-hybridized carbons (Fsp3) is 0.725. The molecule has 1 aliphatic rings. The predicted molar refractivity (Wildman–Crippen MR) is 247 cm³/mol. The first-order valence-electron chi connectivity index (χ1n) is 24.0. The van der Waals surface area contributed by atoms with Crippen LogP contribution in [0.2, 0.25) is 0 Å². The molecule has 0 saturated carbocycles. The lowest BCUT2D eigenvalue weighted by Gasteiger charge is -2.39. The normalized spacial score (nSPS) is 20.4. The van der Waals surface area contributed by atoms with Crippen molar-refractivity contribution >= 4 is 11.9 Å². The molecule has 0 aromatic carbocycles. The van der Waals surface area contributed by atoms with Gasteiger partial charge in [0.15, 0.2) is 12.4 Å². The molecular weight excluding hydrogens is 773 g/mol. The van der Waals surface area contributed by atoms with Crippen molar-refractivity contribution in [3.63, 3.8) is 0 Å². The summed E-state index contributed by atoms with van der Waals surface area (Å²) in [5.41, 5.74) is 0. The number of hydrogen-bond acceptors (Lipinski definition) is 10. The van der Waals surface area contributed by atoms with Crippen molar-refractivity contribution in [2.24, 2.45) is 0 Å². The number of rotatable bonds is 39. The Morgan fingerprint density at radius 2 is 0.934 bits per heavy atom. The fourth-order valence-corrected chi connectivity index (χ4v) is 6.74. The summed E-state index contributed by atoms with van der Waals surface area (Å²) in [5, 5.41) is 40.1. The molecule has 0 amide bonds. The smallest absolute Gasteiger partial charge is 0.306 e. The van der Waals surface area contributed by atoms with Gasteiger partial charge in [0.2, 0.25) is 0 Å². The molecule has 1 aliphatic heterocycles. The summed E-state index contributed by atoms with van der Waals surface area (Å²) in [6.45, 7) is 3.32. The monoisotopic (exact) mass is 859 g/mol. The Kier molecular flexibility index (Phi) is 37.9. The van der Waals surface area contributed by atoms with Gasteiger partial charge in [-0.1, -0.05) is 157 Å². The van der Waals surface area contributed by atoms with Crippen LogP contribution in [0.5, 0.6) is 0 Å². The molecule has 0 bridgehead atoms. The molecular formula is C51H86O10. The summed E-state index contributed by atoms with van der Waals surface area (Å²) in [6.07, 6.45) is 44.8. The number of unbranched alkanes of at least 4 members (excludes halogenated alkanes) is 16. The summed E-state index contributed by atoms with van der Waals surface area (Å²) in [6, 6.07) is 0. The summed E-state index contributed by atoms with van der Waals surface area (Å²) in [5.74, 6) is -0.900. The van der Waals surface area contributed by atoms with E-state index in [1.54, 1.807) is 0 Å². The van der Waals surface area contributed by atoms with Gasteiger partial charge in [0.05, 0.1) is 13.2 Å². The second-order valence-corrected chi connectivity index (χ2v) is 16.2. The summed E-state index contributed by atoms with van der Waals surface area (Å²) in [7, 11) is 0. The Balaban J connectivity index is 2.37. The van der Waals surface area contributed by atoms with Crippen LogP contribution < -0.4 is 0 Å². The number of ether oxygens (including phenoxy) is 4. The number of esters is 2. The quantitative estimate of drug-likeness (QED) is 0.0267. The van der Waals surface area contributed by atoms with Gasteiger partial charge in [-0.2, -0.15) is 0 Å². The molecule has 6 atom stereocenters. The lowest BCUT2D eigenvalue weighted by atomic mass is 9.99. The average molecular weight is 859 g/mol. The minimum Gasteiger partial charge on any atom is -0.462 e. The summed E-state index contributed by atoms with van der Waals surface area (Å²) in [4.78, 5) is 25.4. The zero-order chi connectivity index (χ0) is 44.4. The molecule has 1 rings (SSSR count). The molecule has 4 N–H and O–H groups in total. The number of aliphatic hydroxyl groups excluding tert-OH is 4. The van der Waals surface area contributed by atoms with Crippen LogP contribution in [0, 0.1) is 0 Å². The van der Waals surface area contributed by atoms with Crippen molar-refractivity contribution in [3.8, 4) is 0 Å². The van der Waals surface area contributed by atoms with E-state index in [4.69, 9.17) is 18.9 Å². The third-order valence-electron chi connectivity index (χ3n) is 10.6. The van der Waals surface area contributed by atoms with E-state index in [9.17, 15) is 30.0 Å². The molecule has 0 aromatic rings. The highest BCUT2D eigenvalue weighted by atomic mass is 16.7. The lowest BCUT2D eigenvalue weighted by molar-refractivity contribution is -0.305. The van der Waals surface area contributed by atoms with E-state index < -0.39 is 55.4 Å². The van der Waals surface area contributed by atoms with Gasteiger partial charge in [0, 0.05) is 12.8 Å². The largest absolute Gasteiger partial charge is 0.462 e. The topological polar surface area (TPSA) is 152 Å². The van der Waals surface area contributed by atoms with E-state index >= 15 is 0 Å². The first-order chi connectivity index (χ1) is 29.8. The predicted octanol–water partition coefficient (Wildman–Crippen LogP) is 10.8. The van der Waals surface area contributed by atoms with E-state index in [1.807, 2.05) is 0 Å². The van der Waals surface area contributed by atoms with E-state index in [-0.39, 0.29) is 26.1 Å². The minimum atomic E-state index is -1.61. The maximum atomic E-state index is 12.8. The van der Waals surface area contributed by atoms with Crippen molar-refractivity contribution in [1.82, 2.24) is 0 Å². The number of aliphatic hydroxyl groups is 4. The molecule has 0 radical (unpaired) electrons. The minimum absolute atomic E-state index is 0.155. The van der Waals surface area contributed by atoms with Gasteiger partial charge >= 0.3 is 11.9 Å². The van der Waals surface area contributed by atoms with E-state index in [2.05, 4.69) is 86.8 Å². The molecule has 0 spiro atoms. The van der Waals surface area contributed by atoms with E-state index in [1.165, 1.54) is 83.5 Å².